The number of aryl methyl sites for hydroxylation is 1. The Morgan fingerprint density at radius 1 is 1.17 bits per heavy atom. The van der Waals surface area contributed by atoms with Crippen molar-refractivity contribution in [3.63, 3.8) is 0 Å². The third-order valence-corrected chi connectivity index (χ3v) is 5.70. The summed E-state index contributed by atoms with van der Waals surface area (Å²) in [5.74, 6) is 1.43. The number of hydrogen-bond acceptors (Lipinski definition) is 3. The molecule has 2 N–H and O–H groups in total. The quantitative estimate of drug-likeness (QED) is 0.591. The molecule has 29 heavy (non-hydrogen) atoms. The lowest BCUT2D eigenvalue weighted by atomic mass is 9.87. The highest BCUT2D eigenvalue weighted by atomic mass is 16.5. The number of aromatic amines is 1. The summed E-state index contributed by atoms with van der Waals surface area (Å²) in [4.78, 5) is 16.2. The molecule has 1 aliphatic carbocycles. The maximum atomic E-state index is 12.8. The van der Waals surface area contributed by atoms with E-state index in [1.54, 1.807) is 14.2 Å². The van der Waals surface area contributed by atoms with E-state index in [0.717, 1.165) is 52.8 Å². The number of hydrogen-bond donors (Lipinski definition) is 2. The molecule has 5 nitrogen and oxygen atoms in total. The molecular formula is C24H28N2O3. The molecule has 0 saturated heterocycles. The van der Waals surface area contributed by atoms with E-state index in [1.165, 1.54) is 5.56 Å². The molecule has 152 valence electrons. The lowest BCUT2D eigenvalue weighted by molar-refractivity contribution is -0.121. The van der Waals surface area contributed by atoms with Gasteiger partial charge in [-0.1, -0.05) is 25.1 Å². The third kappa shape index (κ3) is 4.09. The Kier molecular flexibility index (Phi) is 5.47. The molecule has 1 fully saturated rings. The van der Waals surface area contributed by atoms with E-state index in [9.17, 15) is 4.79 Å². The number of rotatable bonds is 8. The first-order valence-corrected chi connectivity index (χ1v) is 10.2. The Morgan fingerprint density at radius 2 is 1.90 bits per heavy atom. The zero-order valence-electron chi connectivity index (χ0n) is 17.2. The molecule has 2 aromatic carbocycles. The molecule has 1 saturated carbocycles. The van der Waals surface area contributed by atoms with E-state index in [-0.39, 0.29) is 11.8 Å². The van der Waals surface area contributed by atoms with E-state index in [0.29, 0.717) is 12.5 Å². The van der Waals surface area contributed by atoms with Gasteiger partial charge in [-0.25, -0.2) is 0 Å². The first-order chi connectivity index (χ1) is 14.1. The number of aromatic nitrogens is 1. The van der Waals surface area contributed by atoms with Crippen LogP contribution in [0.2, 0.25) is 0 Å². The van der Waals surface area contributed by atoms with Gasteiger partial charge in [-0.15, -0.1) is 0 Å². The SMILES string of the molecule is CCc1cccc2c(C(CC(=O)NC3CC3)c3cc(OC)cc(OC)c3)c[nH]c12. The Balaban J connectivity index is 1.79. The molecule has 0 bridgehead atoms. The molecule has 5 heteroatoms. The standard InChI is InChI=1S/C24H28N2O3/c1-4-15-6-5-7-20-22(14-25-24(15)20)21(13-23(27)26-17-8-9-17)16-10-18(28-2)12-19(11-16)29-3/h5-7,10-12,14,17,21,25H,4,8-9,13H2,1-3H3,(H,26,27). The van der Waals surface area contributed by atoms with Crippen LogP contribution >= 0.6 is 0 Å². The van der Waals surface area contributed by atoms with Gasteiger partial charge >= 0.3 is 0 Å². The van der Waals surface area contributed by atoms with Gasteiger partial charge in [0.1, 0.15) is 11.5 Å². The normalized spacial score (nSPS) is 14.6. The highest BCUT2D eigenvalue weighted by Crippen LogP contribution is 2.38. The summed E-state index contributed by atoms with van der Waals surface area (Å²) in [6.07, 6.45) is 5.55. The lowest BCUT2D eigenvalue weighted by Crippen LogP contribution is -2.27. The van der Waals surface area contributed by atoms with Crippen molar-refractivity contribution in [2.75, 3.05) is 14.2 Å². The zero-order chi connectivity index (χ0) is 20.4. The van der Waals surface area contributed by atoms with Crippen molar-refractivity contribution in [1.82, 2.24) is 10.3 Å². The van der Waals surface area contributed by atoms with E-state index < -0.39 is 0 Å². The fourth-order valence-corrected chi connectivity index (χ4v) is 3.96. The first kappa shape index (κ1) is 19.4. The minimum atomic E-state index is -0.0985. The van der Waals surface area contributed by atoms with Crippen LogP contribution in [-0.2, 0) is 11.2 Å². The number of carbonyl (C=O) groups excluding carboxylic acids is 1. The molecule has 0 aliphatic heterocycles. The predicted octanol–water partition coefficient (Wildman–Crippen LogP) is 4.55. The largest absolute Gasteiger partial charge is 0.497 e. The molecule has 1 aliphatic rings. The van der Waals surface area contributed by atoms with Gasteiger partial charge < -0.3 is 19.8 Å². The third-order valence-electron chi connectivity index (χ3n) is 5.70. The summed E-state index contributed by atoms with van der Waals surface area (Å²) in [6, 6.07) is 12.6. The topological polar surface area (TPSA) is 63.4 Å². The average Bonchev–Trinajstić information content (AvgIpc) is 3.46. The molecule has 1 amide bonds. The van der Waals surface area contributed by atoms with Crippen molar-refractivity contribution in [3.05, 3.63) is 59.3 Å². The second-order valence-electron chi connectivity index (χ2n) is 7.68. The molecule has 1 unspecified atom stereocenters. The summed E-state index contributed by atoms with van der Waals surface area (Å²) in [5, 5.41) is 4.29. The number of para-hydroxylation sites is 1. The highest BCUT2D eigenvalue weighted by molar-refractivity contribution is 5.88. The van der Waals surface area contributed by atoms with Crippen molar-refractivity contribution in [2.24, 2.45) is 0 Å². The van der Waals surface area contributed by atoms with Gasteiger partial charge in [0.05, 0.1) is 14.2 Å². The van der Waals surface area contributed by atoms with Crippen molar-refractivity contribution < 1.29 is 14.3 Å². The second kappa shape index (κ2) is 8.19. The minimum absolute atomic E-state index is 0.0836. The Bertz CT molecular complexity index is 998. The first-order valence-electron chi connectivity index (χ1n) is 10.2. The number of ether oxygens (including phenoxy) is 2. The Labute approximate surface area is 171 Å². The van der Waals surface area contributed by atoms with Gasteiger partial charge in [-0.05, 0) is 48.1 Å². The van der Waals surface area contributed by atoms with Gasteiger partial charge in [0.15, 0.2) is 0 Å². The molecule has 1 heterocycles. The summed E-state index contributed by atoms with van der Waals surface area (Å²) in [5.41, 5.74) is 4.55. The number of methoxy groups -OCH3 is 2. The molecule has 1 aromatic heterocycles. The number of H-pyrrole nitrogens is 1. The highest BCUT2D eigenvalue weighted by Gasteiger charge is 2.27. The average molecular weight is 392 g/mol. The van der Waals surface area contributed by atoms with Crippen LogP contribution in [0.3, 0.4) is 0 Å². The van der Waals surface area contributed by atoms with E-state index >= 15 is 0 Å². The lowest BCUT2D eigenvalue weighted by Gasteiger charge is -2.19. The smallest absolute Gasteiger partial charge is 0.221 e. The molecule has 0 spiro atoms. The van der Waals surface area contributed by atoms with Crippen LogP contribution in [0, 0.1) is 0 Å². The van der Waals surface area contributed by atoms with E-state index in [4.69, 9.17) is 9.47 Å². The van der Waals surface area contributed by atoms with Crippen molar-refractivity contribution in [2.45, 2.75) is 44.6 Å². The number of fused-ring (bicyclic) bond motifs is 1. The summed E-state index contributed by atoms with van der Waals surface area (Å²) < 4.78 is 11.0. The monoisotopic (exact) mass is 392 g/mol. The molecular weight excluding hydrogens is 364 g/mol. The number of nitrogens with one attached hydrogen (secondary N) is 2. The molecule has 0 radical (unpaired) electrons. The number of benzene rings is 2. The van der Waals surface area contributed by atoms with Crippen molar-refractivity contribution >= 4 is 16.8 Å². The number of carbonyl (C=O) groups is 1. The molecule has 4 rings (SSSR count). The van der Waals surface area contributed by atoms with Crippen LogP contribution in [0.4, 0.5) is 0 Å². The molecule has 1 atom stereocenters. The van der Waals surface area contributed by atoms with Gasteiger partial charge in [-0.2, -0.15) is 0 Å². The minimum Gasteiger partial charge on any atom is -0.497 e. The van der Waals surface area contributed by atoms with Gasteiger partial charge in [0.2, 0.25) is 5.91 Å². The Hall–Kier alpha value is -2.95. The second-order valence-corrected chi connectivity index (χ2v) is 7.68. The summed E-state index contributed by atoms with van der Waals surface area (Å²) in [7, 11) is 3.29. The maximum absolute atomic E-state index is 12.8. The van der Waals surface area contributed by atoms with Crippen LogP contribution in [0.15, 0.2) is 42.6 Å². The van der Waals surface area contributed by atoms with Crippen LogP contribution in [-0.4, -0.2) is 31.2 Å². The van der Waals surface area contributed by atoms with Crippen LogP contribution in [0.25, 0.3) is 10.9 Å². The summed E-state index contributed by atoms with van der Waals surface area (Å²) >= 11 is 0. The van der Waals surface area contributed by atoms with Crippen molar-refractivity contribution in [3.8, 4) is 11.5 Å². The van der Waals surface area contributed by atoms with Gasteiger partial charge in [-0.3, -0.25) is 4.79 Å². The predicted molar refractivity (Wildman–Crippen MR) is 115 cm³/mol. The number of amides is 1. The van der Waals surface area contributed by atoms with E-state index in [1.807, 2.05) is 24.4 Å². The summed E-state index contributed by atoms with van der Waals surface area (Å²) in [6.45, 7) is 2.16. The van der Waals surface area contributed by atoms with Gasteiger partial charge in [0, 0.05) is 41.5 Å². The zero-order valence-corrected chi connectivity index (χ0v) is 17.2. The van der Waals surface area contributed by atoms with E-state index in [2.05, 4.69) is 35.4 Å². The van der Waals surface area contributed by atoms with Gasteiger partial charge in [0.25, 0.3) is 0 Å². The van der Waals surface area contributed by atoms with Crippen molar-refractivity contribution in [1.29, 1.82) is 0 Å². The van der Waals surface area contributed by atoms with Crippen LogP contribution < -0.4 is 14.8 Å². The fraction of sp³-hybridized carbons (Fsp3) is 0.375. The molecule has 3 aromatic rings. The van der Waals surface area contributed by atoms with Crippen LogP contribution in [0.5, 0.6) is 11.5 Å². The maximum Gasteiger partial charge on any atom is 0.221 e. The fourth-order valence-electron chi connectivity index (χ4n) is 3.96. The van der Waals surface area contributed by atoms with Crippen LogP contribution in [0.1, 0.15) is 48.8 Å². The Morgan fingerprint density at radius 3 is 2.52 bits per heavy atom.